The number of rotatable bonds is 2. The number of aromatic nitrogens is 1. The smallest absolute Gasteiger partial charge is 0.256 e. The maximum absolute atomic E-state index is 12.4. The highest BCUT2D eigenvalue weighted by Crippen LogP contribution is 2.34. The fraction of sp³-hybridized carbons (Fsp3) is 0.462. The van der Waals surface area contributed by atoms with Gasteiger partial charge in [0.25, 0.3) is 5.91 Å². The highest BCUT2D eigenvalue weighted by Gasteiger charge is 2.50. The van der Waals surface area contributed by atoms with Gasteiger partial charge in [-0.3, -0.25) is 9.78 Å². The summed E-state index contributed by atoms with van der Waals surface area (Å²) in [7, 11) is 1.73. The summed E-state index contributed by atoms with van der Waals surface area (Å²) in [5, 5.41) is 9.18. The monoisotopic (exact) mass is 316 g/mol. The molecule has 110 valence electrons. The number of nitrogens with one attached hydrogen (secondary N) is 1. The Morgan fingerprint density at radius 1 is 1.40 bits per heavy atom. The van der Waals surface area contributed by atoms with E-state index in [9.17, 15) is 4.79 Å². The molecule has 1 N–H and O–H groups in total. The molecule has 5 nitrogen and oxygen atoms in total. The molecule has 0 bridgehead atoms. The van der Waals surface area contributed by atoms with Gasteiger partial charge in [0, 0.05) is 44.9 Å². The molecule has 0 aromatic carbocycles. The second-order valence-corrected chi connectivity index (χ2v) is 4.88. The van der Waals surface area contributed by atoms with Gasteiger partial charge in [0.05, 0.1) is 5.71 Å². The number of hydrazone groups is 1. The summed E-state index contributed by atoms with van der Waals surface area (Å²) in [5.74, 6) is 0.0790. The van der Waals surface area contributed by atoms with Gasteiger partial charge in [-0.1, -0.05) is 6.07 Å². The molecule has 1 aromatic heterocycles. The van der Waals surface area contributed by atoms with E-state index < -0.39 is 5.41 Å². The first-order valence-electron chi connectivity index (χ1n) is 6.19. The van der Waals surface area contributed by atoms with E-state index in [0.29, 0.717) is 13.0 Å². The molecule has 0 saturated carbocycles. The van der Waals surface area contributed by atoms with Crippen LogP contribution in [0.25, 0.3) is 0 Å². The molecule has 3 heterocycles. The van der Waals surface area contributed by atoms with Crippen LogP contribution < -0.4 is 5.32 Å². The minimum absolute atomic E-state index is 0. The third-order valence-corrected chi connectivity index (χ3v) is 3.70. The van der Waals surface area contributed by atoms with Gasteiger partial charge in [0.2, 0.25) is 0 Å². The van der Waals surface area contributed by atoms with Crippen LogP contribution in [0.4, 0.5) is 0 Å². The lowest BCUT2D eigenvalue weighted by molar-refractivity contribution is -0.135. The molecule has 1 atom stereocenters. The van der Waals surface area contributed by atoms with Crippen molar-refractivity contribution in [3.8, 4) is 0 Å². The Labute approximate surface area is 130 Å². The predicted molar refractivity (Wildman–Crippen MR) is 82.6 cm³/mol. The van der Waals surface area contributed by atoms with Gasteiger partial charge in [-0.15, -0.1) is 24.8 Å². The first kappa shape index (κ1) is 16.9. The van der Waals surface area contributed by atoms with E-state index in [0.717, 1.165) is 24.4 Å². The van der Waals surface area contributed by atoms with Crippen molar-refractivity contribution in [1.29, 1.82) is 0 Å². The van der Waals surface area contributed by atoms with E-state index in [4.69, 9.17) is 0 Å². The van der Waals surface area contributed by atoms with Crippen LogP contribution in [-0.4, -0.2) is 41.7 Å². The van der Waals surface area contributed by atoms with Crippen molar-refractivity contribution >= 4 is 36.4 Å². The minimum Gasteiger partial charge on any atom is -0.315 e. The molecule has 20 heavy (non-hydrogen) atoms. The number of piperidine rings is 1. The SMILES string of the molecule is CN1N=C2CCNC[C@@]2(Cc2ccccn2)C1=O.Cl.Cl. The largest absolute Gasteiger partial charge is 0.315 e. The number of pyridine rings is 1. The minimum atomic E-state index is -0.513. The predicted octanol–water partition coefficient (Wildman–Crippen LogP) is 1.28. The lowest BCUT2D eigenvalue weighted by Crippen LogP contribution is -2.52. The van der Waals surface area contributed by atoms with Crippen LogP contribution in [0, 0.1) is 5.41 Å². The highest BCUT2D eigenvalue weighted by atomic mass is 35.5. The second kappa shape index (κ2) is 6.52. The van der Waals surface area contributed by atoms with Crippen LogP contribution in [0.1, 0.15) is 12.1 Å². The van der Waals surface area contributed by atoms with Crippen molar-refractivity contribution in [3.05, 3.63) is 30.1 Å². The van der Waals surface area contributed by atoms with Crippen LogP contribution in [0.3, 0.4) is 0 Å². The molecular formula is C13H18Cl2N4O. The molecule has 2 aliphatic rings. The van der Waals surface area contributed by atoms with Gasteiger partial charge in [-0.05, 0) is 12.1 Å². The van der Waals surface area contributed by atoms with Crippen molar-refractivity contribution in [2.75, 3.05) is 20.1 Å². The van der Waals surface area contributed by atoms with Gasteiger partial charge >= 0.3 is 0 Å². The summed E-state index contributed by atoms with van der Waals surface area (Å²) in [4.78, 5) is 16.7. The molecule has 2 aliphatic heterocycles. The third kappa shape index (κ3) is 2.66. The summed E-state index contributed by atoms with van der Waals surface area (Å²) >= 11 is 0. The van der Waals surface area contributed by atoms with Gasteiger partial charge in [0.1, 0.15) is 5.41 Å². The van der Waals surface area contributed by atoms with E-state index >= 15 is 0 Å². The summed E-state index contributed by atoms with van der Waals surface area (Å²) in [6, 6.07) is 5.81. The lowest BCUT2D eigenvalue weighted by atomic mass is 9.75. The average Bonchev–Trinajstić information content (AvgIpc) is 2.64. The Balaban J connectivity index is 0.000001000. The summed E-state index contributed by atoms with van der Waals surface area (Å²) < 4.78 is 0. The fourth-order valence-electron chi connectivity index (χ4n) is 2.78. The Morgan fingerprint density at radius 2 is 2.20 bits per heavy atom. The van der Waals surface area contributed by atoms with E-state index in [1.807, 2.05) is 18.2 Å². The van der Waals surface area contributed by atoms with E-state index in [-0.39, 0.29) is 30.7 Å². The molecule has 0 unspecified atom stereocenters. The number of hydrogen-bond acceptors (Lipinski definition) is 4. The first-order chi connectivity index (χ1) is 8.72. The molecule has 1 amide bonds. The zero-order valence-corrected chi connectivity index (χ0v) is 12.8. The number of fused-ring (bicyclic) bond motifs is 1. The summed E-state index contributed by atoms with van der Waals surface area (Å²) in [6.07, 6.45) is 3.23. The number of nitrogens with zero attached hydrogens (tertiary/aromatic N) is 3. The third-order valence-electron chi connectivity index (χ3n) is 3.70. The van der Waals surface area contributed by atoms with Gasteiger partial charge in [-0.25, -0.2) is 5.01 Å². The zero-order chi connectivity index (χ0) is 12.6. The molecule has 0 radical (unpaired) electrons. The Bertz CT molecular complexity index is 508. The molecule has 1 fully saturated rings. The zero-order valence-electron chi connectivity index (χ0n) is 11.2. The van der Waals surface area contributed by atoms with Crippen molar-refractivity contribution in [3.63, 3.8) is 0 Å². The second-order valence-electron chi connectivity index (χ2n) is 4.88. The fourth-order valence-corrected chi connectivity index (χ4v) is 2.78. The summed E-state index contributed by atoms with van der Waals surface area (Å²) in [6.45, 7) is 1.55. The van der Waals surface area contributed by atoms with Crippen LogP contribution >= 0.6 is 24.8 Å². The van der Waals surface area contributed by atoms with Gasteiger partial charge < -0.3 is 5.32 Å². The van der Waals surface area contributed by atoms with E-state index in [2.05, 4.69) is 15.4 Å². The first-order valence-corrected chi connectivity index (χ1v) is 6.19. The Hall–Kier alpha value is -1.17. The number of halogens is 2. The molecule has 0 spiro atoms. The van der Waals surface area contributed by atoms with Crippen LogP contribution in [0.2, 0.25) is 0 Å². The Kier molecular flexibility index (Phi) is 5.50. The van der Waals surface area contributed by atoms with Crippen LogP contribution in [0.5, 0.6) is 0 Å². The lowest BCUT2D eigenvalue weighted by Gasteiger charge is -2.32. The molecule has 1 aromatic rings. The van der Waals surface area contributed by atoms with E-state index in [1.165, 1.54) is 5.01 Å². The van der Waals surface area contributed by atoms with Crippen LogP contribution in [0.15, 0.2) is 29.5 Å². The van der Waals surface area contributed by atoms with Crippen molar-refractivity contribution in [2.45, 2.75) is 12.8 Å². The number of carbonyl (C=O) groups is 1. The number of carbonyl (C=O) groups excluding carboxylic acids is 1. The summed E-state index contributed by atoms with van der Waals surface area (Å²) in [5.41, 5.74) is 1.43. The highest BCUT2D eigenvalue weighted by molar-refractivity contribution is 6.13. The topological polar surface area (TPSA) is 57.6 Å². The van der Waals surface area contributed by atoms with E-state index in [1.54, 1.807) is 13.2 Å². The van der Waals surface area contributed by atoms with Gasteiger partial charge in [-0.2, -0.15) is 5.10 Å². The quantitative estimate of drug-likeness (QED) is 0.894. The van der Waals surface area contributed by atoms with Crippen molar-refractivity contribution in [2.24, 2.45) is 10.5 Å². The van der Waals surface area contributed by atoms with Crippen LogP contribution in [-0.2, 0) is 11.2 Å². The number of hydrogen-bond donors (Lipinski definition) is 1. The normalized spacial score (nSPS) is 24.4. The molecule has 3 rings (SSSR count). The average molecular weight is 317 g/mol. The van der Waals surface area contributed by atoms with Crippen molar-refractivity contribution in [1.82, 2.24) is 15.3 Å². The maximum atomic E-state index is 12.4. The molecule has 7 heteroatoms. The standard InChI is InChI=1S/C13H16N4O.2ClH/c1-17-12(18)13(8-10-4-2-3-6-15-10)9-14-7-5-11(13)16-17;;/h2-4,6,14H,5,7-9H2,1H3;2*1H/t13-;;/m1../s1. The molecule has 0 aliphatic carbocycles. The van der Waals surface area contributed by atoms with Gasteiger partial charge in [0.15, 0.2) is 0 Å². The maximum Gasteiger partial charge on any atom is 0.256 e. The Morgan fingerprint density at radius 3 is 2.90 bits per heavy atom. The molecular weight excluding hydrogens is 299 g/mol. The van der Waals surface area contributed by atoms with Crippen molar-refractivity contribution < 1.29 is 4.79 Å². The number of amides is 1. The molecule has 1 saturated heterocycles.